The summed E-state index contributed by atoms with van der Waals surface area (Å²) in [5.41, 5.74) is 2.65. The van der Waals surface area contributed by atoms with Crippen molar-refractivity contribution >= 4 is 28.4 Å². The third kappa shape index (κ3) is 4.24. The van der Waals surface area contributed by atoms with E-state index in [2.05, 4.69) is 0 Å². The largest absolute Gasteiger partial charge is 0.335 e. The van der Waals surface area contributed by atoms with Gasteiger partial charge in [0.1, 0.15) is 5.82 Å². The zero-order chi connectivity index (χ0) is 22.9. The van der Waals surface area contributed by atoms with Crippen molar-refractivity contribution in [1.82, 2.24) is 14.5 Å². The van der Waals surface area contributed by atoms with Gasteiger partial charge in [-0.25, -0.2) is 4.98 Å². The molecular weight excluding hydrogens is 410 g/mol. The number of benzene rings is 2. The minimum atomic E-state index is -0.717. The summed E-state index contributed by atoms with van der Waals surface area (Å²) in [6.07, 6.45) is 0.607. The molecule has 2 aromatic carbocycles. The fourth-order valence-electron chi connectivity index (χ4n) is 3.97. The first-order valence-electron chi connectivity index (χ1n) is 10.5. The Bertz CT molecular complexity index is 1180. The molecule has 0 aliphatic rings. The van der Waals surface area contributed by atoms with E-state index < -0.39 is 5.41 Å². The molecule has 0 spiro atoms. The molecule has 5 nitrogen and oxygen atoms in total. The Hall–Kier alpha value is -2.66. The Labute approximate surface area is 188 Å². The Morgan fingerprint density at radius 1 is 1.19 bits per heavy atom. The van der Waals surface area contributed by atoms with Crippen LogP contribution in [0.1, 0.15) is 50.2 Å². The summed E-state index contributed by atoms with van der Waals surface area (Å²) in [5, 5.41) is 0.552. The van der Waals surface area contributed by atoms with Crippen LogP contribution in [-0.2, 0) is 4.79 Å². The second-order valence-electron chi connectivity index (χ2n) is 8.78. The van der Waals surface area contributed by atoms with Gasteiger partial charge >= 0.3 is 0 Å². The molecule has 1 unspecified atom stereocenters. The Morgan fingerprint density at radius 3 is 2.48 bits per heavy atom. The number of carbonyl (C=O) groups is 1. The lowest BCUT2D eigenvalue weighted by Crippen LogP contribution is -2.43. The molecule has 1 heterocycles. The van der Waals surface area contributed by atoms with Gasteiger partial charge in [0.2, 0.25) is 5.91 Å². The summed E-state index contributed by atoms with van der Waals surface area (Å²) in [7, 11) is 1.76. The number of alkyl halides is 1. The van der Waals surface area contributed by atoms with E-state index in [1.54, 1.807) is 22.6 Å². The van der Waals surface area contributed by atoms with Crippen LogP contribution >= 0.6 is 11.6 Å². The molecule has 1 amide bonds. The zero-order valence-electron chi connectivity index (χ0n) is 19.1. The molecule has 6 heteroatoms. The highest BCUT2D eigenvalue weighted by Gasteiger charge is 2.35. The van der Waals surface area contributed by atoms with Gasteiger partial charge in [0.05, 0.1) is 28.0 Å². The smallest absolute Gasteiger partial charge is 0.266 e. The van der Waals surface area contributed by atoms with Gasteiger partial charge in [-0.15, -0.1) is 11.6 Å². The van der Waals surface area contributed by atoms with Gasteiger partial charge < -0.3 is 4.90 Å². The molecule has 0 radical (unpaired) electrons. The number of hydrogen-bond acceptors (Lipinski definition) is 3. The maximum absolute atomic E-state index is 13.7. The molecule has 1 aromatic heterocycles. The van der Waals surface area contributed by atoms with Crippen LogP contribution in [0.2, 0.25) is 0 Å². The molecule has 0 bridgehead atoms. The van der Waals surface area contributed by atoms with E-state index in [-0.39, 0.29) is 23.4 Å². The van der Waals surface area contributed by atoms with Crippen molar-refractivity contribution in [1.29, 1.82) is 0 Å². The van der Waals surface area contributed by atoms with Gasteiger partial charge in [0.25, 0.3) is 5.56 Å². The number of hydrogen-bond donors (Lipinski definition) is 0. The van der Waals surface area contributed by atoms with Crippen molar-refractivity contribution in [2.75, 3.05) is 12.9 Å². The number of fused-ring (bicyclic) bond motifs is 1. The van der Waals surface area contributed by atoms with E-state index in [9.17, 15) is 9.59 Å². The lowest BCUT2D eigenvalue weighted by molar-refractivity contribution is -0.140. The Balaban J connectivity index is 2.32. The monoisotopic (exact) mass is 439 g/mol. The summed E-state index contributed by atoms with van der Waals surface area (Å²) in [5.74, 6) is 0.685. The third-order valence-corrected chi connectivity index (χ3v) is 6.45. The lowest BCUT2D eigenvalue weighted by Gasteiger charge is -2.34. The molecule has 0 fully saturated rings. The molecule has 0 N–H and O–H groups in total. The predicted molar refractivity (Wildman–Crippen MR) is 127 cm³/mol. The molecule has 164 valence electrons. The minimum Gasteiger partial charge on any atom is -0.335 e. The van der Waals surface area contributed by atoms with Crippen LogP contribution in [0.3, 0.4) is 0 Å². The van der Waals surface area contributed by atoms with E-state index in [0.29, 0.717) is 23.1 Å². The Kier molecular flexibility index (Phi) is 6.56. The van der Waals surface area contributed by atoms with Gasteiger partial charge in [-0.3, -0.25) is 14.2 Å². The standard InChI is InChI=1S/C25H30ClN3O2/c1-7-20(28(6)24(31)25(4,5)15-26)22-27-19-11-9-8-10-18(19)23(30)29(22)21-13-12-16(2)14-17(21)3/h8-14,20H,7,15H2,1-6H3. The van der Waals surface area contributed by atoms with Crippen molar-refractivity contribution in [2.24, 2.45) is 5.41 Å². The first kappa shape index (κ1) is 23.0. The van der Waals surface area contributed by atoms with Crippen LogP contribution in [0.25, 0.3) is 16.6 Å². The number of para-hydroxylation sites is 1. The SMILES string of the molecule is CCC(c1nc2ccccc2c(=O)n1-c1ccc(C)cc1C)N(C)C(=O)C(C)(C)CCl. The molecule has 0 saturated heterocycles. The molecular formula is C25H30ClN3O2. The van der Waals surface area contributed by atoms with Crippen LogP contribution in [0.4, 0.5) is 0 Å². The summed E-state index contributed by atoms with van der Waals surface area (Å²) in [6, 6.07) is 12.9. The third-order valence-electron chi connectivity index (χ3n) is 5.78. The van der Waals surface area contributed by atoms with E-state index in [4.69, 9.17) is 16.6 Å². The van der Waals surface area contributed by atoms with Crippen molar-refractivity contribution in [3.8, 4) is 5.69 Å². The maximum atomic E-state index is 13.7. The predicted octanol–water partition coefficient (Wildman–Crippen LogP) is 5.18. The lowest BCUT2D eigenvalue weighted by atomic mass is 9.93. The summed E-state index contributed by atoms with van der Waals surface area (Å²) in [6.45, 7) is 9.66. The summed E-state index contributed by atoms with van der Waals surface area (Å²) < 4.78 is 1.67. The first-order valence-corrected chi connectivity index (χ1v) is 11.1. The van der Waals surface area contributed by atoms with Crippen LogP contribution in [0.5, 0.6) is 0 Å². The highest BCUT2D eigenvalue weighted by atomic mass is 35.5. The highest BCUT2D eigenvalue weighted by Crippen LogP contribution is 2.30. The van der Waals surface area contributed by atoms with Crippen LogP contribution in [-0.4, -0.2) is 33.3 Å². The molecule has 0 saturated carbocycles. The van der Waals surface area contributed by atoms with E-state index in [1.165, 1.54) is 0 Å². The van der Waals surface area contributed by atoms with Crippen molar-refractivity contribution in [3.63, 3.8) is 0 Å². The van der Waals surface area contributed by atoms with Gasteiger partial charge in [0, 0.05) is 12.9 Å². The Morgan fingerprint density at radius 2 is 1.87 bits per heavy atom. The van der Waals surface area contributed by atoms with Gasteiger partial charge in [-0.2, -0.15) is 0 Å². The van der Waals surface area contributed by atoms with E-state index >= 15 is 0 Å². The number of halogens is 1. The second kappa shape index (κ2) is 8.83. The average Bonchev–Trinajstić information content (AvgIpc) is 2.74. The second-order valence-corrected chi connectivity index (χ2v) is 9.04. The maximum Gasteiger partial charge on any atom is 0.266 e. The van der Waals surface area contributed by atoms with E-state index in [0.717, 1.165) is 16.8 Å². The number of rotatable bonds is 6. The molecule has 0 aliphatic heterocycles. The summed E-state index contributed by atoms with van der Waals surface area (Å²) in [4.78, 5) is 33.4. The number of aromatic nitrogens is 2. The topological polar surface area (TPSA) is 55.2 Å². The quantitative estimate of drug-likeness (QED) is 0.497. The van der Waals surface area contributed by atoms with Gasteiger partial charge in [0.15, 0.2) is 0 Å². The molecule has 31 heavy (non-hydrogen) atoms. The molecule has 0 aliphatic carbocycles. The average molecular weight is 440 g/mol. The number of aryl methyl sites for hydroxylation is 2. The fraction of sp³-hybridized carbons (Fsp3) is 0.400. The van der Waals surface area contributed by atoms with E-state index in [1.807, 2.05) is 71.0 Å². The minimum absolute atomic E-state index is 0.0797. The normalized spacial score (nSPS) is 12.7. The van der Waals surface area contributed by atoms with Gasteiger partial charge in [-0.05, 0) is 57.9 Å². The first-order chi connectivity index (χ1) is 14.6. The van der Waals surface area contributed by atoms with Crippen molar-refractivity contribution < 1.29 is 4.79 Å². The van der Waals surface area contributed by atoms with Crippen LogP contribution in [0.15, 0.2) is 47.3 Å². The molecule has 3 aromatic rings. The van der Waals surface area contributed by atoms with Crippen LogP contribution in [0, 0.1) is 19.3 Å². The van der Waals surface area contributed by atoms with Crippen molar-refractivity contribution in [3.05, 3.63) is 69.8 Å². The molecule has 1 atom stereocenters. The number of amides is 1. The number of nitrogens with zero attached hydrogens (tertiary/aromatic N) is 3. The zero-order valence-corrected chi connectivity index (χ0v) is 19.8. The number of carbonyl (C=O) groups excluding carboxylic acids is 1. The fourth-order valence-corrected chi connectivity index (χ4v) is 4.08. The van der Waals surface area contributed by atoms with Crippen molar-refractivity contribution in [2.45, 2.75) is 47.1 Å². The summed E-state index contributed by atoms with van der Waals surface area (Å²) >= 11 is 6.07. The highest BCUT2D eigenvalue weighted by molar-refractivity contribution is 6.19. The van der Waals surface area contributed by atoms with Gasteiger partial charge in [-0.1, -0.05) is 36.8 Å². The molecule has 3 rings (SSSR count). The van der Waals surface area contributed by atoms with Crippen LogP contribution < -0.4 is 5.56 Å².